The van der Waals surface area contributed by atoms with Gasteiger partial charge < -0.3 is 14.9 Å². The average Bonchev–Trinajstić information content (AvgIpc) is 2.44. The first-order valence-corrected chi connectivity index (χ1v) is 6.17. The molecule has 1 fully saturated rings. The highest BCUT2D eigenvalue weighted by molar-refractivity contribution is 4.87. The van der Waals surface area contributed by atoms with Gasteiger partial charge in [0.05, 0.1) is 12.2 Å². The molecule has 0 aliphatic heterocycles. The fourth-order valence-electron chi connectivity index (χ4n) is 2.17. The van der Waals surface area contributed by atoms with E-state index in [4.69, 9.17) is 4.74 Å². The van der Waals surface area contributed by atoms with E-state index in [1.54, 1.807) is 0 Å². The molecule has 0 aromatic heterocycles. The van der Waals surface area contributed by atoms with Gasteiger partial charge in [0.1, 0.15) is 6.10 Å². The SMILES string of the molecule is CCCOCC(O)C1(O)CCCCCC1. The maximum atomic E-state index is 10.3. The first-order chi connectivity index (χ1) is 7.19. The molecule has 0 aromatic rings. The Morgan fingerprint density at radius 2 is 1.80 bits per heavy atom. The summed E-state index contributed by atoms with van der Waals surface area (Å²) >= 11 is 0. The fraction of sp³-hybridized carbons (Fsp3) is 1.00. The van der Waals surface area contributed by atoms with E-state index in [0.717, 1.165) is 19.3 Å². The van der Waals surface area contributed by atoms with E-state index in [0.29, 0.717) is 19.4 Å². The zero-order valence-corrected chi connectivity index (χ0v) is 9.74. The third kappa shape index (κ3) is 4.09. The van der Waals surface area contributed by atoms with Crippen molar-refractivity contribution in [2.24, 2.45) is 0 Å². The van der Waals surface area contributed by atoms with Gasteiger partial charge >= 0.3 is 0 Å². The Balaban J connectivity index is 2.36. The molecule has 3 heteroatoms. The monoisotopic (exact) mass is 216 g/mol. The summed E-state index contributed by atoms with van der Waals surface area (Å²) in [5.74, 6) is 0. The van der Waals surface area contributed by atoms with Crippen LogP contribution in [0.2, 0.25) is 0 Å². The Bertz CT molecular complexity index is 162. The molecule has 0 spiro atoms. The van der Waals surface area contributed by atoms with Crippen LogP contribution < -0.4 is 0 Å². The minimum absolute atomic E-state index is 0.268. The van der Waals surface area contributed by atoms with Crippen molar-refractivity contribution in [2.45, 2.75) is 63.6 Å². The highest BCUT2D eigenvalue weighted by Gasteiger charge is 2.35. The van der Waals surface area contributed by atoms with Gasteiger partial charge in [-0.15, -0.1) is 0 Å². The maximum absolute atomic E-state index is 10.3. The Morgan fingerprint density at radius 3 is 2.33 bits per heavy atom. The van der Waals surface area contributed by atoms with Crippen molar-refractivity contribution < 1.29 is 14.9 Å². The summed E-state index contributed by atoms with van der Waals surface area (Å²) in [6, 6.07) is 0. The Kier molecular flexibility index (Phi) is 5.58. The lowest BCUT2D eigenvalue weighted by Crippen LogP contribution is -2.44. The number of hydrogen-bond donors (Lipinski definition) is 2. The molecule has 1 aliphatic rings. The molecule has 0 saturated heterocycles. The molecule has 1 saturated carbocycles. The van der Waals surface area contributed by atoms with E-state index >= 15 is 0 Å². The lowest BCUT2D eigenvalue weighted by atomic mass is 9.89. The molecule has 0 heterocycles. The van der Waals surface area contributed by atoms with Crippen molar-refractivity contribution in [3.05, 3.63) is 0 Å². The molecule has 3 nitrogen and oxygen atoms in total. The predicted molar refractivity (Wildman–Crippen MR) is 59.8 cm³/mol. The number of hydrogen-bond acceptors (Lipinski definition) is 3. The largest absolute Gasteiger partial charge is 0.388 e. The van der Waals surface area contributed by atoms with Gasteiger partial charge in [-0.2, -0.15) is 0 Å². The van der Waals surface area contributed by atoms with Crippen LogP contribution in [0, 0.1) is 0 Å². The Morgan fingerprint density at radius 1 is 1.20 bits per heavy atom. The highest BCUT2D eigenvalue weighted by Crippen LogP contribution is 2.30. The molecular weight excluding hydrogens is 192 g/mol. The fourth-order valence-corrected chi connectivity index (χ4v) is 2.17. The molecule has 1 atom stereocenters. The number of ether oxygens (including phenoxy) is 1. The number of aliphatic hydroxyl groups is 2. The smallest absolute Gasteiger partial charge is 0.106 e. The van der Waals surface area contributed by atoms with Crippen LogP contribution in [-0.4, -0.2) is 35.1 Å². The zero-order chi connectivity index (χ0) is 11.1. The molecule has 0 aromatic carbocycles. The molecule has 1 rings (SSSR count). The quantitative estimate of drug-likeness (QED) is 0.545. The molecule has 15 heavy (non-hydrogen) atoms. The summed E-state index contributed by atoms with van der Waals surface area (Å²) in [5, 5.41) is 20.2. The molecule has 0 radical (unpaired) electrons. The normalized spacial score (nSPS) is 23.4. The molecule has 1 unspecified atom stereocenters. The lowest BCUT2D eigenvalue weighted by molar-refractivity contribution is -0.114. The van der Waals surface area contributed by atoms with Crippen LogP contribution >= 0.6 is 0 Å². The Labute approximate surface area is 92.4 Å². The van der Waals surface area contributed by atoms with E-state index in [2.05, 4.69) is 0 Å². The van der Waals surface area contributed by atoms with Crippen LogP contribution in [-0.2, 0) is 4.74 Å². The minimum Gasteiger partial charge on any atom is -0.388 e. The topological polar surface area (TPSA) is 49.7 Å². The maximum Gasteiger partial charge on any atom is 0.106 e. The Hall–Kier alpha value is -0.120. The second kappa shape index (κ2) is 6.46. The van der Waals surface area contributed by atoms with Gasteiger partial charge in [-0.25, -0.2) is 0 Å². The van der Waals surface area contributed by atoms with Crippen molar-refractivity contribution in [2.75, 3.05) is 13.2 Å². The minimum atomic E-state index is -0.899. The molecule has 0 bridgehead atoms. The van der Waals surface area contributed by atoms with Crippen LogP contribution in [0.25, 0.3) is 0 Å². The first kappa shape index (κ1) is 12.9. The molecular formula is C12H24O3. The van der Waals surface area contributed by atoms with Crippen molar-refractivity contribution in [1.82, 2.24) is 0 Å². The molecule has 2 N–H and O–H groups in total. The van der Waals surface area contributed by atoms with Gasteiger partial charge in [-0.05, 0) is 19.3 Å². The van der Waals surface area contributed by atoms with Gasteiger partial charge in [-0.1, -0.05) is 32.6 Å². The first-order valence-electron chi connectivity index (χ1n) is 6.17. The van der Waals surface area contributed by atoms with Gasteiger partial charge in [-0.3, -0.25) is 0 Å². The third-order valence-electron chi connectivity index (χ3n) is 3.21. The number of rotatable bonds is 5. The van der Waals surface area contributed by atoms with Gasteiger partial charge in [0.25, 0.3) is 0 Å². The summed E-state index contributed by atoms with van der Waals surface area (Å²) in [6.07, 6.45) is 6.03. The summed E-state index contributed by atoms with van der Waals surface area (Å²) < 4.78 is 5.29. The summed E-state index contributed by atoms with van der Waals surface area (Å²) in [5.41, 5.74) is -0.899. The van der Waals surface area contributed by atoms with E-state index < -0.39 is 11.7 Å². The van der Waals surface area contributed by atoms with Crippen LogP contribution in [0.3, 0.4) is 0 Å². The summed E-state index contributed by atoms with van der Waals surface area (Å²) in [4.78, 5) is 0. The van der Waals surface area contributed by atoms with E-state index in [9.17, 15) is 10.2 Å². The molecule has 1 aliphatic carbocycles. The van der Waals surface area contributed by atoms with Crippen LogP contribution in [0.15, 0.2) is 0 Å². The van der Waals surface area contributed by atoms with E-state index in [1.165, 1.54) is 12.8 Å². The standard InChI is InChI=1S/C12H24O3/c1-2-9-15-10-11(13)12(14)7-5-3-4-6-8-12/h11,13-14H,2-10H2,1H3. The van der Waals surface area contributed by atoms with Crippen LogP contribution in [0.4, 0.5) is 0 Å². The van der Waals surface area contributed by atoms with Crippen LogP contribution in [0.5, 0.6) is 0 Å². The molecule has 90 valence electrons. The van der Waals surface area contributed by atoms with Gasteiger partial charge in [0, 0.05) is 6.61 Å². The summed E-state index contributed by atoms with van der Waals surface area (Å²) in [7, 11) is 0. The van der Waals surface area contributed by atoms with Gasteiger partial charge in [0.2, 0.25) is 0 Å². The second-order valence-corrected chi connectivity index (χ2v) is 4.61. The second-order valence-electron chi connectivity index (χ2n) is 4.61. The predicted octanol–water partition coefficient (Wildman–Crippen LogP) is 1.86. The molecule has 0 amide bonds. The van der Waals surface area contributed by atoms with Crippen molar-refractivity contribution >= 4 is 0 Å². The lowest BCUT2D eigenvalue weighted by Gasteiger charge is -2.31. The average molecular weight is 216 g/mol. The summed E-state index contributed by atoms with van der Waals surface area (Å²) in [6.45, 7) is 2.96. The van der Waals surface area contributed by atoms with Crippen molar-refractivity contribution in [3.63, 3.8) is 0 Å². The van der Waals surface area contributed by atoms with Crippen LogP contribution in [0.1, 0.15) is 51.9 Å². The number of aliphatic hydroxyl groups excluding tert-OH is 1. The van der Waals surface area contributed by atoms with Crippen molar-refractivity contribution in [3.8, 4) is 0 Å². The zero-order valence-electron chi connectivity index (χ0n) is 9.74. The van der Waals surface area contributed by atoms with Crippen molar-refractivity contribution in [1.29, 1.82) is 0 Å². The van der Waals surface area contributed by atoms with E-state index in [1.807, 2.05) is 6.92 Å². The van der Waals surface area contributed by atoms with E-state index in [-0.39, 0.29) is 6.61 Å². The third-order valence-corrected chi connectivity index (χ3v) is 3.21. The highest BCUT2D eigenvalue weighted by atomic mass is 16.5. The van der Waals surface area contributed by atoms with Gasteiger partial charge in [0.15, 0.2) is 0 Å².